The lowest BCUT2D eigenvalue weighted by Crippen LogP contribution is -2.57. The Morgan fingerprint density at radius 1 is 1.23 bits per heavy atom. The largest absolute Gasteiger partial charge is 0.464 e. The summed E-state index contributed by atoms with van der Waals surface area (Å²) in [6.45, 7) is 6.47. The van der Waals surface area contributed by atoms with E-state index < -0.39 is 17.0 Å². The Hall–Kier alpha value is -1.42. The van der Waals surface area contributed by atoms with Gasteiger partial charge in [0.2, 0.25) is 0 Å². The first kappa shape index (κ1) is 18.0. The predicted molar refractivity (Wildman–Crippen MR) is 98.2 cm³/mol. The zero-order valence-corrected chi connectivity index (χ0v) is 16.1. The molecule has 4 heteroatoms. The van der Waals surface area contributed by atoms with E-state index in [-0.39, 0.29) is 11.2 Å². The van der Waals surface area contributed by atoms with E-state index in [0.717, 1.165) is 32.1 Å². The van der Waals surface area contributed by atoms with Gasteiger partial charge in [-0.25, -0.2) is 4.79 Å². The lowest BCUT2D eigenvalue weighted by molar-refractivity contribution is -0.186. The molecule has 0 heterocycles. The maximum Gasteiger partial charge on any atom is 0.338 e. The molecule has 4 aliphatic carbocycles. The molecule has 142 valence electrons. The highest BCUT2D eigenvalue weighted by atomic mass is 16.5. The van der Waals surface area contributed by atoms with Gasteiger partial charge in [-0.15, -0.1) is 0 Å². The van der Waals surface area contributed by atoms with Gasteiger partial charge in [0.1, 0.15) is 0 Å². The van der Waals surface area contributed by atoms with Gasteiger partial charge in [0.25, 0.3) is 0 Å². The molecule has 0 bridgehead atoms. The number of carbonyl (C=O) groups excluding carboxylic acids is 2. The summed E-state index contributed by atoms with van der Waals surface area (Å²) in [6.07, 6.45) is 10.9. The van der Waals surface area contributed by atoms with Crippen LogP contribution in [0.4, 0.5) is 0 Å². The van der Waals surface area contributed by atoms with Crippen LogP contribution in [0, 0.1) is 28.6 Å². The van der Waals surface area contributed by atoms with Gasteiger partial charge in [-0.2, -0.15) is 0 Å². The van der Waals surface area contributed by atoms with Crippen LogP contribution in [0.5, 0.6) is 0 Å². The van der Waals surface area contributed by atoms with Crippen LogP contribution in [0.3, 0.4) is 0 Å². The Balaban J connectivity index is 1.66. The van der Waals surface area contributed by atoms with Crippen LogP contribution in [0.2, 0.25) is 0 Å². The smallest absolute Gasteiger partial charge is 0.338 e. The highest BCUT2D eigenvalue weighted by Crippen LogP contribution is 2.67. The first-order valence-corrected chi connectivity index (χ1v) is 10.1. The summed E-state index contributed by atoms with van der Waals surface area (Å²) in [5.41, 5.74) is -0.545. The third-order valence-electron chi connectivity index (χ3n) is 8.32. The van der Waals surface area contributed by atoms with E-state index >= 15 is 0 Å². The van der Waals surface area contributed by atoms with Gasteiger partial charge in [-0.1, -0.05) is 25.5 Å². The van der Waals surface area contributed by atoms with Crippen LogP contribution in [0.15, 0.2) is 23.8 Å². The molecular weight excluding hydrogens is 328 g/mol. The summed E-state index contributed by atoms with van der Waals surface area (Å²) in [4.78, 5) is 24.4. The van der Waals surface area contributed by atoms with Gasteiger partial charge in [0, 0.05) is 10.8 Å². The van der Waals surface area contributed by atoms with Crippen molar-refractivity contribution in [1.82, 2.24) is 0 Å². The molecular formula is C22H30O4. The molecule has 1 N–H and O–H groups in total. The number of hydrogen-bond donors (Lipinski definition) is 1. The van der Waals surface area contributed by atoms with E-state index in [9.17, 15) is 14.7 Å². The quantitative estimate of drug-likeness (QED) is 0.766. The normalized spacial score (nSPS) is 46.8. The average molecular weight is 358 g/mol. The lowest BCUT2D eigenvalue weighted by Gasteiger charge is -2.57. The van der Waals surface area contributed by atoms with E-state index in [2.05, 4.69) is 19.9 Å². The van der Waals surface area contributed by atoms with Crippen molar-refractivity contribution in [3.8, 4) is 0 Å². The molecule has 4 aliphatic rings. The fraction of sp³-hybridized carbons (Fsp3) is 0.727. The number of rotatable bonds is 2. The number of fused-ring (bicyclic) bond motifs is 5. The summed E-state index contributed by atoms with van der Waals surface area (Å²) in [5, 5.41) is 11.3. The minimum atomic E-state index is -1.35. The topological polar surface area (TPSA) is 63.6 Å². The maximum atomic E-state index is 12.6. The van der Waals surface area contributed by atoms with Crippen LogP contribution in [0.1, 0.15) is 59.3 Å². The Labute approximate surface area is 155 Å². The highest BCUT2D eigenvalue weighted by Gasteiger charge is 2.66. The molecule has 0 amide bonds. The first-order valence-electron chi connectivity index (χ1n) is 10.1. The van der Waals surface area contributed by atoms with Crippen molar-refractivity contribution in [3.05, 3.63) is 23.8 Å². The zero-order chi connectivity index (χ0) is 18.7. The van der Waals surface area contributed by atoms with Crippen molar-refractivity contribution in [2.24, 2.45) is 28.6 Å². The Bertz CT molecular complexity index is 707. The number of esters is 1. The Kier molecular flexibility index (Phi) is 4.00. The average Bonchev–Trinajstić information content (AvgIpc) is 2.88. The van der Waals surface area contributed by atoms with E-state index in [4.69, 9.17) is 4.74 Å². The fourth-order valence-corrected chi connectivity index (χ4v) is 6.80. The van der Waals surface area contributed by atoms with Crippen molar-refractivity contribution in [3.63, 3.8) is 0 Å². The van der Waals surface area contributed by atoms with Gasteiger partial charge in [-0.05, 0) is 75.4 Å². The molecule has 3 fully saturated rings. The van der Waals surface area contributed by atoms with E-state index in [1.807, 2.05) is 6.08 Å². The van der Waals surface area contributed by atoms with Crippen LogP contribution in [0.25, 0.3) is 0 Å². The molecule has 0 aromatic carbocycles. The van der Waals surface area contributed by atoms with Gasteiger partial charge >= 0.3 is 5.97 Å². The molecule has 4 nitrogen and oxygen atoms in total. The van der Waals surface area contributed by atoms with Crippen LogP contribution in [-0.2, 0) is 14.3 Å². The number of ketones is 1. The standard InChI is InChI=1S/C22H30O4/c1-4-26-19(24)22(25)12-9-18-16-6-5-14-13-15(23)7-10-20(14,2)17(16)8-11-21(18,22)3/h7,10,13,16-18,25H,4-6,8-9,11-12H2,1-3H3/t16-,17+,18+,20+,21+,22+/m1/s1. The minimum Gasteiger partial charge on any atom is -0.464 e. The second-order valence-electron chi connectivity index (χ2n) is 9.18. The van der Waals surface area contributed by atoms with Crippen LogP contribution < -0.4 is 0 Å². The zero-order valence-electron chi connectivity index (χ0n) is 16.1. The number of allylic oxidation sites excluding steroid dienone is 4. The second-order valence-corrected chi connectivity index (χ2v) is 9.18. The van der Waals surface area contributed by atoms with Gasteiger partial charge < -0.3 is 9.84 Å². The number of aliphatic hydroxyl groups is 1. The van der Waals surface area contributed by atoms with Crippen molar-refractivity contribution in [1.29, 1.82) is 0 Å². The van der Waals surface area contributed by atoms with Crippen LogP contribution in [-0.4, -0.2) is 29.1 Å². The Morgan fingerprint density at radius 3 is 2.69 bits per heavy atom. The second kappa shape index (κ2) is 5.79. The van der Waals surface area contributed by atoms with Gasteiger partial charge in [-0.3, -0.25) is 4.79 Å². The molecule has 6 atom stereocenters. The van der Waals surface area contributed by atoms with Crippen LogP contribution >= 0.6 is 0 Å². The highest BCUT2D eigenvalue weighted by molar-refractivity contribution is 6.01. The molecule has 0 spiro atoms. The number of hydrogen-bond acceptors (Lipinski definition) is 4. The molecule has 0 aromatic rings. The fourth-order valence-electron chi connectivity index (χ4n) is 6.80. The number of carbonyl (C=O) groups is 2. The van der Waals surface area contributed by atoms with E-state index in [0.29, 0.717) is 30.8 Å². The van der Waals surface area contributed by atoms with Gasteiger partial charge in [0.15, 0.2) is 11.4 Å². The SMILES string of the molecule is CCOC(=O)[C@@]1(O)CC[C@H]2[C@@H]3CCC4=CC(=O)C=C[C@]4(C)[C@H]3CC[C@@]21C. The monoisotopic (exact) mass is 358 g/mol. The summed E-state index contributed by atoms with van der Waals surface area (Å²) in [7, 11) is 0. The maximum absolute atomic E-state index is 12.6. The number of ether oxygens (including phenoxy) is 1. The van der Waals surface area contributed by atoms with Crippen molar-refractivity contribution in [2.45, 2.75) is 64.9 Å². The van der Waals surface area contributed by atoms with Crippen molar-refractivity contribution >= 4 is 11.8 Å². The summed E-state index contributed by atoms with van der Waals surface area (Å²) in [5.74, 6) is 0.968. The molecule has 3 saturated carbocycles. The predicted octanol–water partition coefficient (Wildman–Crippen LogP) is 3.59. The van der Waals surface area contributed by atoms with E-state index in [1.165, 1.54) is 5.57 Å². The minimum absolute atomic E-state index is 0.0528. The molecule has 0 saturated heterocycles. The summed E-state index contributed by atoms with van der Waals surface area (Å²) < 4.78 is 5.25. The van der Waals surface area contributed by atoms with Crippen molar-refractivity contribution < 1.29 is 19.4 Å². The lowest BCUT2D eigenvalue weighted by atomic mass is 9.47. The third kappa shape index (κ3) is 2.17. The van der Waals surface area contributed by atoms with E-state index in [1.54, 1.807) is 13.0 Å². The summed E-state index contributed by atoms with van der Waals surface area (Å²) >= 11 is 0. The molecule has 0 unspecified atom stereocenters. The molecule has 0 aliphatic heterocycles. The molecule has 0 aromatic heterocycles. The third-order valence-corrected chi connectivity index (χ3v) is 8.32. The Morgan fingerprint density at radius 2 is 1.96 bits per heavy atom. The first-order chi connectivity index (χ1) is 12.3. The van der Waals surface area contributed by atoms with Gasteiger partial charge in [0.05, 0.1) is 6.61 Å². The molecule has 26 heavy (non-hydrogen) atoms. The molecule has 0 radical (unpaired) electrons. The van der Waals surface area contributed by atoms with Crippen molar-refractivity contribution in [2.75, 3.05) is 6.61 Å². The molecule has 4 rings (SSSR count). The summed E-state index contributed by atoms with van der Waals surface area (Å²) in [6, 6.07) is 0.